The van der Waals surface area contributed by atoms with Gasteiger partial charge < -0.3 is 15.2 Å². The van der Waals surface area contributed by atoms with Gasteiger partial charge in [-0.1, -0.05) is 36.4 Å². The van der Waals surface area contributed by atoms with Crippen LogP contribution in [-0.2, 0) is 14.3 Å². The summed E-state index contributed by atoms with van der Waals surface area (Å²) in [7, 11) is 0. The lowest BCUT2D eigenvalue weighted by atomic mass is 10.1. The van der Waals surface area contributed by atoms with Gasteiger partial charge in [0.2, 0.25) is 6.10 Å². The molecule has 0 saturated heterocycles. The number of ether oxygens (including phenoxy) is 1. The molecule has 0 aromatic heterocycles. The first-order chi connectivity index (χ1) is 10.5. The number of phenolic OH excluding ortho intramolecular Hbond substituents is 1. The Labute approximate surface area is 128 Å². The highest BCUT2D eigenvalue weighted by Crippen LogP contribution is 2.26. The van der Waals surface area contributed by atoms with Gasteiger partial charge in [-0.15, -0.1) is 0 Å². The van der Waals surface area contributed by atoms with Gasteiger partial charge in [-0.25, -0.2) is 0 Å². The molecule has 0 saturated carbocycles. The summed E-state index contributed by atoms with van der Waals surface area (Å²) in [6, 6.07) is 13.6. The smallest absolute Gasteiger partial charge is 0.303 e. The molecular weight excluding hydrogens is 282 g/mol. The van der Waals surface area contributed by atoms with Crippen molar-refractivity contribution in [2.75, 3.05) is 5.32 Å². The SMILES string of the molecule is CC(=O)O[C@@H](C(=O)Nc1cc(C)ccc1O)c1ccccc1. The first-order valence-electron chi connectivity index (χ1n) is 6.80. The van der Waals surface area contributed by atoms with Crippen LogP contribution >= 0.6 is 0 Å². The van der Waals surface area contributed by atoms with Crippen molar-refractivity contribution in [1.82, 2.24) is 0 Å². The predicted molar refractivity (Wildman–Crippen MR) is 82.4 cm³/mol. The van der Waals surface area contributed by atoms with Gasteiger partial charge in [0.1, 0.15) is 5.75 Å². The normalized spacial score (nSPS) is 11.5. The zero-order valence-electron chi connectivity index (χ0n) is 12.4. The lowest BCUT2D eigenvalue weighted by Gasteiger charge is -2.17. The molecule has 0 spiro atoms. The van der Waals surface area contributed by atoms with Gasteiger partial charge in [0.15, 0.2) is 0 Å². The van der Waals surface area contributed by atoms with Crippen LogP contribution in [0.2, 0.25) is 0 Å². The van der Waals surface area contributed by atoms with Crippen LogP contribution in [0, 0.1) is 6.92 Å². The molecule has 2 aromatic rings. The van der Waals surface area contributed by atoms with Crippen LogP contribution in [0.3, 0.4) is 0 Å². The third kappa shape index (κ3) is 3.85. The minimum Gasteiger partial charge on any atom is -0.506 e. The Morgan fingerprint density at radius 1 is 1.14 bits per heavy atom. The molecule has 0 aliphatic heterocycles. The second-order valence-electron chi connectivity index (χ2n) is 4.91. The fraction of sp³-hybridized carbons (Fsp3) is 0.176. The molecule has 0 aliphatic carbocycles. The first-order valence-corrected chi connectivity index (χ1v) is 6.80. The molecular formula is C17H17NO4. The van der Waals surface area contributed by atoms with Crippen molar-refractivity contribution in [3.8, 4) is 5.75 Å². The summed E-state index contributed by atoms with van der Waals surface area (Å²) in [5.74, 6) is -1.13. The number of rotatable bonds is 4. The Hall–Kier alpha value is -2.82. The molecule has 0 aliphatic rings. The van der Waals surface area contributed by atoms with Crippen molar-refractivity contribution in [1.29, 1.82) is 0 Å². The van der Waals surface area contributed by atoms with E-state index < -0.39 is 18.0 Å². The standard InChI is InChI=1S/C17H17NO4/c1-11-8-9-15(20)14(10-11)18-17(21)16(22-12(2)19)13-6-4-3-5-7-13/h3-10,16,20H,1-2H3,(H,18,21)/t16-/m1/s1. The van der Waals surface area contributed by atoms with E-state index in [1.807, 2.05) is 6.92 Å². The van der Waals surface area contributed by atoms with Crippen molar-refractivity contribution in [3.63, 3.8) is 0 Å². The number of esters is 1. The Morgan fingerprint density at radius 3 is 2.45 bits per heavy atom. The maximum absolute atomic E-state index is 12.4. The van der Waals surface area contributed by atoms with Gasteiger partial charge in [-0.05, 0) is 24.6 Å². The van der Waals surface area contributed by atoms with E-state index in [9.17, 15) is 14.7 Å². The third-order valence-corrected chi connectivity index (χ3v) is 3.03. The predicted octanol–water partition coefficient (Wildman–Crippen LogP) is 2.94. The molecule has 0 heterocycles. The minimum atomic E-state index is -1.07. The van der Waals surface area contributed by atoms with Crippen LogP contribution in [0.4, 0.5) is 5.69 Å². The van der Waals surface area contributed by atoms with Crippen molar-refractivity contribution < 1.29 is 19.4 Å². The summed E-state index contributed by atoms with van der Waals surface area (Å²) >= 11 is 0. The molecule has 2 aromatic carbocycles. The summed E-state index contributed by atoms with van der Waals surface area (Å²) in [6.07, 6.45) is -1.07. The van der Waals surface area contributed by atoms with Crippen LogP contribution in [0.15, 0.2) is 48.5 Å². The van der Waals surface area contributed by atoms with E-state index in [1.54, 1.807) is 42.5 Å². The molecule has 5 heteroatoms. The van der Waals surface area contributed by atoms with Crippen LogP contribution < -0.4 is 5.32 Å². The van der Waals surface area contributed by atoms with Gasteiger partial charge in [-0.3, -0.25) is 9.59 Å². The Morgan fingerprint density at radius 2 is 1.82 bits per heavy atom. The average molecular weight is 299 g/mol. The lowest BCUT2D eigenvalue weighted by molar-refractivity contribution is -0.152. The van der Waals surface area contributed by atoms with Crippen molar-refractivity contribution in [2.24, 2.45) is 0 Å². The van der Waals surface area contributed by atoms with Gasteiger partial charge in [-0.2, -0.15) is 0 Å². The van der Waals surface area contributed by atoms with E-state index in [2.05, 4.69) is 5.32 Å². The second kappa shape index (κ2) is 6.76. The quantitative estimate of drug-likeness (QED) is 0.672. The van der Waals surface area contributed by atoms with Crippen LogP contribution in [0.5, 0.6) is 5.75 Å². The highest BCUT2D eigenvalue weighted by Gasteiger charge is 2.24. The molecule has 5 nitrogen and oxygen atoms in total. The van der Waals surface area contributed by atoms with E-state index in [4.69, 9.17) is 4.74 Å². The Balaban J connectivity index is 2.26. The monoisotopic (exact) mass is 299 g/mol. The number of phenols is 1. The van der Waals surface area contributed by atoms with E-state index in [0.717, 1.165) is 5.56 Å². The summed E-state index contributed by atoms with van der Waals surface area (Å²) in [4.78, 5) is 23.7. The molecule has 1 atom stereocenters. The van der Waals surface area contributed by atoms with Crippen molar-refractivity contribution in [2.45, 2.75) is 20.0 Å². The number of aryl methyl sites for hydroxylation is 1. The van der Waals surface area contributed by atoms with Crippen molar-refractivity contribution in [3.05, 3.63) is 59.7 Å². The number of hydrogen-bond donors (Lipinski definition) is 2. The zero-order valence-corrected chi connectivity index (χ0v) is 12.4. The number of carbonyl (C=O) groups is 2. The fourth-order valence-corrected chi connectivity index (χ4v) is 2.02. The molecule has 0 bridgehead atoms. The molecule has 0 fully saturated rings. The average Bonchev–Trinajstić information content (AvgIpc) is 2.49. The summed E-state index contributed by atoms with van der Waals surface area (Å²) in [6.45, 7) is 3.09. The van der Waals surface area contributed by atoms with E-state index in [-0.39, 0.29) is 11.4 Å². The van der Waals surface area contributed by atoms with Crippen molar-refractivity contribution >= 4 is 17.6 Å². The lowest BCUT2D eigenvalue weighted by Crippen LogP contribution is -2.25. The summed E-state index contributed by atoms with van der Waals surface area (Å²) in [5.41, 5.74) is 1.72. The molecule has 114 valence electrons. The summed E-state index contributed by atoms with van der Waals surface area (Å²) in [5, 5.41) is 12.4. The molecule has 2 rings (SSSR count). The highest BCUT2D eigenvalue weighted by atomic mass is 16.5. The van der Waals surface area contributed by atoms with Gasteiger partial charge >= 0.3 is 5.97 Å². The topological polar surface area (TPSA) is 75.6 Å². The highest BCUT2D eigenvalue weighted by molar-refractivity contribution is 5.97. The maximum atomic E-state index is 12.4. The number of aromatic hydroxyl groups is 1. The van der Waals surface area contributed by atoms with E-state index in [0.29, 0.717) is 5.56 Å². The number of anilines is 1. The van der Waals surface area contributed by atoms with Gasteiger partial charge in [0, 0.05) is 12.5 Å². The number of nitrogens with one attached hydrogen (secondary N) is 1. The molecule has 2 N–H and O–H groups in total. The number of amides is 1. The third-order valence-electron chi connectivity index (χ3n) is 3.03. The van der Waals surface area contributed by atoms with E-state index in [1.165, 1.54) is 13.0 Å². The zero-order chi connectivity index (χ0) is 16.1. The molecule has 22 heavy (non-hydrogen) atoms. The van der Waals surface area contributed by atoms with Gasteiger partial charge in [0.05, 0.1) is 5.69 Å². The first kappa shape index (κ1) is 15.6. The van der Waals surface area contributed by atoms with Crippen LogP contribution in [0.25, 0.3) is 0 Å². The number of carbonyl (C=O) groups excluding carboxylic acids is 2. The number of hydrogen-bond acceptors (Lipinski definition) is 4. The Kier molecular flexibility index (Phi) is 4.78. The second-order valence-corrected chi connectivity index (χ2v) is 4.91. The fourth-order valence-electron chi connectivity index (χ4n) is 2.02. The molecule has 0 unspecified atom stereocenters. The largest absolute Gasteiger partial charge is 0.506 e. The molecule has 1 amide bonds. The van der Waals surface area contributed by atoms with Gasteiger partial charge in [0.25, 0.3) is 5.91 Å². The van der Waals surface area contributed by atoms with Crippen LogP contribution in [-0.4, -0.2) is 17.0 Å². The number of benzene rings is 2. The summed E-state index contributed by atoms with van der Waals surface area (Å²) < 4.78 is 5.11. The maximum Gasteiger partial charge on any atom is 0.303 e. The van der Waals surface area contributed by atoms with E-state index >= 15 is 0 Å². The van der Waals surface area contributed by atoms with Crippen LogP contribution in [0.1, 0.15) is 24.2 Å². The Bertz CT molecular complexity index is 682. The molecule has 0 radical (unpaired) electrons. The minimum absolute atomic E-state index is 0.0476.